The Balaban J connectivity index is 2.05. The molecule has 2 aromatic carbocycles. The summed E-state index contributed by atoms with van der Waals surface area (Å²) in [4.78, 5) is 2.19. The van der Waals surface area contributed by atoms with Crippen LogP contribution in [0.15, 0.2) is 41.3 Å². The average Bonchev–Trinajstić information content (AvgIpc) is 3.01. The summed E-state index contributed by atoms with van der Waals surface area (Å²) in [5.41, 5.74) is 0.784. The van der Waals surface area contributed by atoms with Crippen LogP contribution in [-0.4, -0.2) is 32.7 Å². The van der Waals surface area contributed by atoms with Crippen LogP contribution in [0.3, 0.4) is 0 Å². The number of benzene rings is 2. The molecule has 0 radical (unpaired) electrons. The van der Waals surface area contributed by atoms with E-state index in [0.717, 1.165) is 16.1 Å². The lowest BCUT2D eigenvalue weighted by Crippen LogP contribution is -2.14. The van der Waals surface area contributed by atoms with Crippen molar-refractivity contribution in [1.82, 2.24) is 10.2 Å². The number of rotatable bonds is 4. The normalized spacial score (nSPS) is 12.3. The van der Waals surface area contributed by atoms with Crippen molar-refractivity contribution in [2.75, 3.05) is 23.7 Å². The second-order valence-corrected chi connectivity index (χ2v) is 9.92. The Hall–Kier alpha value is -2.19. The summed E-state index contributed by atoms with van der Waals surface area (Å²) in [6.07, 6.45) is 0. The van der Waals surface area contributed by atoms with E-state index in [1.54, 1.807) is 12.1 Å². The third-order valence-corrected chi connectivity index (χ3v) is 6.71. The lowest BCUT2D eigenvalue weighted by molar-refractivity contribution is 0.578. The first kappa shape index (κ1) is 18.6. The zero-order valence-electron chi connectivity index (χ0n) is 15.4. The molecule has 3 rings (SSSR count). The van der Waals surface area contributed by atoms with E-state index in [2.05, 4.69) is 14.9 Å². The highest BCUT2D eigenvalue weighted by molar-refractivity contribution is 7.93. The molecule has 138 valence electrons. The van der Waals surface area contributed by atoms with E-state index < -0.39 is 10.0 Å². The van der Waals surface area contributed by atoms with E-state index in [1.807, 2.05) is 64.0 Å². The molecule has 0 unspecified atom stereocenters. The van der Waals surface area contributed by atoms with E-state index in [1.165, 1.54) is 11.3 Å². The van der Waals surface area contributed by atoms with Crippen LogP contribution in [0, 0.1) is 0 Å². The monoisotopic (exact) mass is 390 g/mol. The number of nitrogens with one attached hydrogen (secondary N) is 1. The number of anilines is 2. The van der Waals surface area contributed by atoms with Gasteiger partial charge in [-0.25, -0.2) is 8.42 Å². The van der Waals surface area contributed by atoms with Gasteiger partial charge >= 0.3 is 0 Å². The summed E-state index contributed by atoms with van der Waals surface area (Å²) < 4.78 is 28.5. The van der Waals surface area contributed by atoms with Gasteiger partial charge in [-0.3, -0.25) is 4.72 Å². The molecule has 0 saturated heterocycles. The zero-order chi connectivity index (χ0) is 19.1. The molecule has 0 atom stereocenters. The largest absolute Gasteiger partial charge is 0.377 e. The number of fused-ring (bicyclic) bond motifs is 1. The Labute approximate surface area is 157 Å². The number of sulfonamides is 1. The maximum absolute atomic E-state index is 13.0. The summed E-state index contributed by atoms with van der Waals surface area (Å²) in [6.45, 7) is 6.04. The highest BCUT2D eigenvalue weighted by atomic mass is 32.2. The highest BCUT2D eigenvalue weighted by Gasteiger charge is 2.23. The summed E-state index contributed by atoms with van der Waals surface area (Å²) in [5, 5.41) is 10.7. The molecule has 1 N–H and O–H groups in total. The van der Waals surface area contributed by atoms with Crippen LogP contribution in [0.2, 0.25) is 0 Å². The van der Waals surface area contributed by atoms with Crippen LogP contribution < -0.4 is 9.62 Å². The molecule has 26 heavy (non-hydrogen) atoms. The van der Waals surface area contributed by atoms with Gasteiger partial charge in [-0.2, -0.15) is 0 Å². The Bertz CT molecular complexity index is 1050. The summed E-state index contributed by atoms with van der Waals surface area (Å²) >= 11 is 1.25. The molecule has 0 aliphatic rings. The smallest absolute Gasteiger partial charge is 0.264 e. The number of aromatic nitrogens is 2. The van der Waals surface area contributed by atoms with Crippen LogP contribution in [0.25, 0.3) is 10.8 Å². The standard InChI is InChI=1S/C18H22N4O2S2/c1-18(2,3)16-19-20-17(25-16)21-26(23,24)15-11-7-8-12-13(15)9-6-10-14(12)22(4)5/h6-11H,1-5H3,(H,20,21). The van der Waals surface area contributed by atoms with Crippen molar-refractivity contribution in [1.29, 1.82) is 0 Å². The predicted octanol–water partition coefficient (Wildman–Crippen LogP) is 3.86. The molecule has 8 heteroatoms. The fraction of sp³-hybridized carbons (Fsp3) is 0.333. The SMILES string of the molecule is CN(C)c1cccc2c(S(=O)(=O)Nc3nnc(C(C)(C)C)s3)cccc12. The van der Waals surface area contributed by atoms with Gasteiger partial charge in [0.1, 0.15) is 5.01 Å². The van der Waals surface area contributed by atoms with Crippen molar-refractivity contribution < 1.29 is 8.42 Å². The molecule has 0 saturated carbocycles. The van der Waals surface area contributed by atoms with E-state index in [4.69, 9.17) is 0 Å². The molecular formula is C18H22N4O2S2. The number of hydrogen-bond acceptors (Lipinski definition) is 6. The average molecular weight is 391 g/mol. The first-order chi connectivity index (χ1) is 12.1. The lowest BCUT2D eigenvalue weighted by Gasteiger charge is -2.17. The molecule has 0 amide bonds. The van der Waals surface area contributed by atoms with Gasteiger partial charge in [0.15, 0.2) is 0 Å². The minimum atomic E-state index is -3.78. The van der Waals surface area contributed by atoms with Crippen molar-refractivity contribution in [3.8, 4) is 0 Å². The van der Waals surface area contributed by atoms with Crippen molar-refractivity contribution >= 4 is 43.0 Å². The minimum absolute atomic E-state index is 0.179. The van der Waals surface area contributed by atoms with Gasteiger partial charge in [-0.1, -0.05) is 56.4 Å². The third-order valence-electron chi connectivity index (χ3n) is 3.92. The van der Waals surface area contributed by atoms with Gasteiger partial charge in [-0.05, 0) is 12.1 Å². The Morgan fingerprint density at radius 2 is 1.65 bits per heavy atom. The van der Waals surface area contributed by atoms with Crippen molar-refractivity contribution in [3.05, 3.63) is 41.4 Å². The molecule has 1 aromatic heterocycles. The van der Waals surface area contributed by atoms with E-state index in [0.29, 0.717) is 5.39 Å². The zero-order valence-corrected chi connectivity index (χ0v) is 17.1. The summed E-state index contributed by atoms with van der Waals surface area (Å²) in [7, 11) is 0.0928. The molecule has 3 aromatic rings. The topological polar surface area (TPSA) is 75.2 Å². The summed E-state index contributed by atoms with van der Waals surface area (Å²) in [6, 6.07) is 10.9. The molecule has 1 heterocycles. The van der Waals surface area contributed by atoms with Gasteiger partial charge in [0.05, 0.1) is 4.90 Å². The first-order valence-electron chi connectivity index (χ1n) is 8.15. The van der Waals surface area contributed by atoms with E-state index in [-0.39, 0.29) is 15.4 Å². The van der Waals surface area contributed by atoms with E-state index >= 15 is 0 Å². The van der Waals surface area contributed by atoms with Gasteiger partial charge in [0.2, 0.25) is 5.13 Å². The quantitative estimate of drug-likeness (QED) is 0.732. The third kappa shape index (κ3) is 3.52. The molecule has 0 spiro atoms. The fourth-order valence-electron chi connectivity index (χ4n) is 2.63. The Morgan fingerprint density at radius 3 is 2.27 bits per heavy atom. The molecular weight excluding hydrogens is 368 g/mol. The van der Waals surface area contributed by atoms with Crippen LogP contribution >= 0.6 is 11.3 Å². The van der Waals surface area contributed by atoms with Crippen LogP contribution in [0.1, 0.15) is 25.8 Å². The predicted molar refractivity (Wildman–Crippen MR) is 108 cm³/mol. The molecule has 0 fully saturated rings. The Morgan fingerprint density at radius 1 is 1.00 bits per heavy atom. The van der Waals surface area contributed by atoms with Crippen LogP contribution in [0.5, 0.6) is 0 Å². The van der Waals surface area contributed by atoms with Gasteiger partial charge in [0.25, 0.3) is 10.0 Å². The van der Waals surface area contributed by atoms with Crippen LogP contribution in [0.4, 0.5) is 10.8 Å². The van der Waals surface area contributed by atoms with Crippen molar-refractivity contribution in [2.45, 2.75) is 31.1 Å². The van der Waals surface area contributed by atoms with Crippen LogP contribution in [-0.2, 0) is 15.4 Å². The minimum Gasteiger partial charge on any atom is -0.377 e. The number of hydrogen-bond donors (Lipinski definition) is 1. The van der Waals surface area contributed by atoms with Gasteiger partial charge in [0, 0.05) is 36.0 Å². The lowest BCUT2D eigenvalue weighted by atomic mass is 9.98. The van der Waals surface area contributed by atoms with Gasteiger partial charge < -0.3 is 4.90 Å². The molecule has 0 bridgehead atoms. The summed E-state index contributed by atoms with van der Waals surface area (Å²) in [5.74, 6) is 0. The second-order valence-electron chi connectivity index (χ2n) is 7.29. The first-order valence-corrected chi connectivity index (χ1v) is 10.5. The maximum Gasteiger partial charge on any atom is 0.264 e. The molecule has 6 nitrogen and oxygen atoms in total. The van der Waals surface area contributed by atoms with Gasteiger partial charge in [-0.15, -0.1) is 10.2 Å². The maximum atomic E-state index is 13.0. The Kier molecular flexibility index (Phi) is 4.66. The second kappa shape index (κ2) is 6.51. The molecule has 0 aliphatic heterocycles. The fourth-order valence-corrected chi connectivity index (χ4v) is 4.88. The van der Waals surface area contributed by atoms with Crippen molar-refractivity contribution in [3.63, 3.8) is 0 Å². The highest BCUT2D eigenvalue weighted by Crippen LogP contribution is 2.32. The molecule has 0 aliphatic carbocycles. The number of nitrogens with zero attached hydrogens (tertiary/aromatic N) is 3. The van der Waals surface area contributed by atoms with E-state index in [9.17, 15) is 8.42 Å². The van der Waals surface area contributed by atoms with Crippen molar-refractivity contribution in [2.24, 2.45) is 0 Å².